The lowest BCUT2D eigenvalue weighted by Crippen LogP contribution is -2.25. The van der Waals surface area contributed by atoms with Crippen molar-refractivity contribution in [2.24, 2.45) is 0 Å². The van der Waals surface area contributed by atoms with E-state index >= 15 is 0 Å². The van der Waals surface area contributed by atoms with Gasteiger partial charge in [0.05, 0.1) is 17.3 Å². The summed E-state index contributed by atoms with van der Waals surface area (Å²) in [5, 5.41) is 4.30. The van der Waals surface area contributed by atoms with E-state index in [4.69, 9.17) is 32.7 Å². The summed E-state index contributed by atoms with van der Waals surface area (Å²) in [6.07, 6.45) is -0.653. The Morgan fingerprint density at radius 3 is 2.48 bits per heavy atom. The number of carbonyl (C=O) groups is 1. The summed E-state index contributed by atoms with van der Waals surface area (Å²) < 4.78 is 10.4. The number of halogens is 2. The van der Waals surface area contributed by atoms with Gasteiger partial charge in [0, 0.05) is 10.7 Å². The van der Waals surface area contributed by atoms with Gasteiger partial charge in [-0.15, -0.1) is 0 Å². The second kappa shape index (κ2) is 8.09. The summed E-state index contributed by atoms with van der Waals surface area (Å²) in [6.45, 7) is 3.74. The molecule has 2 rings (SSSR count). The fraction of sp³-hybridized carbons (Fsp3) is 0.235. The van der Waals surface area contributed by atoms with Crippen LogP contribution in [0.1, 0.15) is 13.8 Å². The van der Waals surface area contributed by atoms with Gasteiger partial charge in [0.25, 0.3) is 0 Å². The Morgan fingerprint density at radius 2 is 1.87 bits per heavy atom. The number of anilines is 2. The van der Waals surface area contributed by atoms with Gasteiger partial charge in [0.1, 0.15) is 5.75 Å². The normalized spacial score (nSPS) is 11.7. The third-order valence-electron chi connectivity index (χ3n) is 3.00. The Bertz CT molecular complexity index is 674. The molecule has 1 atom stereocenters. The zero-order valence-corrected chi connectivity index (χ0v) is 14.3. The number of hydrogen-bond donors (Lipinski definition) is 1. The largest absolute Gasteiger partial charge is 0.479 e. The number of ether oxygens (including phenoxy) is 2. The maximum absolute atomic E-state index is 11.5. The van der Waals surface area contributed by atoms with Crippen molar-refractivity contribution in [1.82, 2.24) is 0 Å². The predicted octanol–water partition coefficient (Wildman–Crippen LogP) is 5.07. The maximum atomic E-state index is 11.5. The average Bonchev–Trinajstić information content (AvgIpc) is 2.52. The Labute approximate surface area is 145 Å². The van der Waals surface area contributed by atoms with Crippen molar-refractivity contribution < 1.29 is 14.3 Å². The van der Waals surface area contributed by atoms with Crippen molar-refractivity contribution in [3.63, 3.8) is 0 Å². The smallest absolute Gasteiger partial charge is 0.347 e. The van der Waals surface area contributed by atoms with Crippen molar-refractivity contribution in [3.05, 3.63) is 52.5 Å². The highest BCUT2D eigenvalue weighted by Gasteiger charge is 2.15. The van der Waals surface area contributed by atoms with Crippen LogP contribution in [0.25, 0.3) is 0 Å². The molecule has 0 fully saturated rings. The van der Waals surface area contributed by atoms with Gasteiger partial charge < -0.3 is 14.8 Å². The van der Waals surface area contributed by atoms with E-state index in [1.165, 1.54) is 0 Å². The topological polar surface area (TPSA) is 47.6 Å². The zero-order chi connectivity index (χ0) is 16.8. The van der Waals surface area contributed by atoms with Crippen LogP contribution in [0.5, 0.6) is 5.75 Å². The highest BCUT2D eigenvalue weighted by molar-refractivity contribution is 6.36. The van der Waals surface area contributed by atoms with E-state index in [-0.39, 0.29) is 5.97 Å². The van der Waals surface area contributed by atoms with Gasteiger partial charge in [-0.3, -0.25) is 0 Å². The first kappa shape index (κ1) is 17.4. The highest BCUT2D eigenvalue weighted by atomic mass is 35.5. The van der Waals surface area contributed by atoms with E-state index in [9.17, 15) is 4.79 Å². The molecule has 122 valence electrons. The molecule has 0 heterocycles. The van der Waals surface area contributed by atoms with E-state index < -0.39 is 6.10 Å². The van der Waals surface area contributed by atoms with Crippen LogP contribution < -0.4 is 10.1 Å². The minimum Gasteiger partial charge on any atom is -0.479 e. The Balaban J connectivity index is 2.00. The molecular weight excluding hydrogens is 337 g/mol. The second-order valence-electron chi connectivity index (χ2n) is 4.79. The highest BCUT2D eigenvalue weighted by Crippen LogP contribution is 2.29. The Morgan fingerprint density at radius 1 is 1.17 bits per heavy atom. The molecule has 2 aromatic rings. The molecule has 0 amide bonds. The SMILES string of the molecule is CCOC(=O)C(C)Oc1ccc(Nc2ccc(Cl)cc2Cl)cc1. The second-order valence-corrected chi connectivity index (χ2v) is 5.63. The van der Waals surface area contributed by atoms with Crippen LogP contribution in [0.15, 0.2) is 42.5 Å². The number of nitrogens with one attached hydrogen (secondary N) is 1. The minimum absolute atomic E-state index is 0.331. The van der Waals surface area contributed by atoms with Crippen molar-refractivity contribution in [2.75, 3.05) is 11.9 Å². The molecule has 1 N–H and O–H groups in total. The van der Waals surface area contributed by atoms with Gasteiger partial charge in [-0.2, -0.15) is 0 Å². The van der Waals surface area contributed by atoms with Crippen molar-refractivity contribution in [2.45, 2.75) is 20.0 Å². The third-order valence-corrected chi connectivity index (χ3v) is 3.54. The first-order valence-electron chi connectivity index (χ1n) is 7.15. The molecule has 0 spiro atoms. The van der Waals surface area contributed by atoms with E-state index in [2.05, 4.69) is 5.32 Å². The first-order chi connectivity index (χ1) is 11.0. The fourth-order valence-electron chi connectivity index (χ4n) is 1.88. The quantitative estimate of drug-likeness (QED) is 0.736. The van der Waals surface area contributed by atoms with Gasteiger partial charge >= 0.3 is 5.97 Å². The fourth-order valence-corrected chi connectivity index (χ4v) is 2.33. The summed E-state index contributed by atoms with van der Waals surface area (Å²) in [5.41, 5.74) is 1.59. The molecule has 4 nitrogen and oxygen atoms in total. The number of carbonyl (C=O) groups excluding carboxylic acids is 1. The molecule has 2 aromatic carbocycles. The third kappa shape index (κ3) is 5.05. The molecule has 0 bridgehead atoms. The van der Waals surface area contributed by atoms with Gasteiger partial charge in [0.2, 0.25) is 0 Å². The molecule has 23 heavy (non-hydrogen) atoms. The molecule has 0 saturated carbocycles. The molecule has 6 heteroatoms. The molecule has 0 aliphatic rings. The molecule has 0 aliphatic heterocycles. The monoisotopic (exact) mass is 353 g/mol. The van der Waals surface area contributed by atoms with E-state index in [1.807, 2.05) is 12.1 Å². The number of benzene rings is 2. The maximum Gasteiger partial charge on any atom is 0.347 e. The summed E-state index contributed by atoms with van der Waals surface area (Å²) in [5.74, 6) is 0.195. The minimum atomic E-state index is -0.653. The first-order valence-corrected chi connectivity index (χ1v) is 7.90. The predicted molar refractivity (Wildman–Crippen MR) is 92.9 cm³/mol. The standard InChI is InChI=1S/C17H17Cl2NO3/c1-3-22-17(21)11(2)23-14-7-5-13(6-8-14)20-16-9-4-12(18)10-15(16)19/h4-11,20H,3H2,1-2H3. The van der Waals surface area contributed by atoms with Crippen molar-refractivity contribution in [1.29, 1.82) is 0 Å². The lowest BCUT2D eigenvalue weighted by molar-refractivity contribution is -0.150. The lowest BCUT2D eigenvalue weighted by atomic mass is 10.2. The van der Waals surface area contributed by atoms with Crippen LogP contribution in [-0.2, 0) is 9.53 Å². The zero-order valence-electron chi connectivity index (χ0n) is 12.8. The molecular formula is C17H17Cl2NO3. The molecule has 0 saturated heterocycles. The van der Waals surface area contributed by atoms with Crippen LogP contribution >= 0.6 is 23.2 Å². The number of esters is 1. The van der Waals surface area contributed by atoms with Crippen LogP contribution in [0.4, 0.5) is 11.4 Å². The van der Waals surface area contributed by atoms with E-state index in [0.717, 1.165) is 11.4 Å². The lowest BCUT2D eigenvalue weighted by Gasteiger charge is -2.14. The molecule has 0 radical (unpaired) electrons. The number of rotatable bonds is 6. The van der Waals surface area contributed by atoms with Crippen LogP contribution in [0.3, 0.4) is 0 Å². The van der Waals surface area contributed by atoms with Gasteiger partial charge in [-0.1, -0.05) is 23.2 Å². The summed E-state index contributed by atoms with van der Waals surface area (Å²) in [7, 11) is 0. The van der Waals surface area contributed by atoms with E-state index in [1.54, 1.807) is 44.2 Å². The summed E-state index contributed by atoms with van der Waals surface area (Å²) in [4.78, 5) is 11.5. The van der Waals surface area contributed by atoms with Crippen molar-refractivity contribution in [3.8, 4) is 5.75 Å². The van der Waals surface area contributed by atoms with Crippen molar-refractivity contribution >= 4 is 40.5 Å². The summed E-state index contributed by atoms with van der Waals surface area (Å²) >= 11 is 12.0. The van der Waals surface area contributed by atoms with Crippen LogP contribution in [0.2, 0.25) is 10.0 Å². The molecule has 1 unspecified atom stereocenters. The van der Waals surface area contributed by atoms with Gasteiger partial charge in [0.15, 0.2) is 6.10 Å². The Hall–Kier alpha value is -1.91. The average molecular weight is 354 g/mol. The van der Waals surface area contributed by atoms with Crippen LogP contribution in [-0.4, -0.2) is 18.7 Å². The van der Waals surface area contributed by atoms with E-state index in [0.29, 0.717) is 22.4 Å². The number of hydrogen-bond acceptors (Lipinski definition) is 4. The molecule has 0 aromatic heterocycles. The molecule has 0 aliphatic carbocycles. The van der Waals surface area contributed by atoms with Gasteiger partial charge in [-0.25, -0.2) is 4.79 Å². The van der Waals surface area contributed by atoms with Gasteiger partial charge in [-0.05, 0) is 56.3 Å². The Kier molecular flexibility index (Phi) is 6.13. The summed E-state index contributed by atoms with van der Waals surface area (Å²) in [6, 6.07) is 12.4. The van der Waals surface area contributed by atoms with Crippen LogP contribution in [0, 0.1) is 0 Å².